The van der Waals surface area contributed by atoms with E-state index in [4.69, 9.17) is 0 Å². The summed E-state index contributed by atoms with van der Waals surface area (Å²) in [5.41, 5.74) is 1.90. The minimum atomic E-state index is -1.75. The maximum absolute atomic E-state index is 13.3. The molecule has 0 aliphatic rings. The van der Waals surface area contributed by atoms with Crippen molar-refractivity contribution in [2.75, 3.05) is 5.43 Å². The van der Waals surface area contributed by atoms with Crippen molar-refractivity contribution in [3.8, 4) is 0 Å². The van der Waals surface area contributed by atoms with Gasteiger partial charge in [-0.2, -0.15) is 27.6 Å². The third kappa shape index (κ3) is 2.73. The van der Waals surface area contributed by atoms with Gasteiger partial charge in [0.25, 0.3) is 11.9 Å². The lowest BCUT2D eigenvalue weighted by atomic mass is 10.2. The van der Waals surface area contributed by atoms with Gasteiger partial charge in [0.2, 0.25) is 11.6 Å². The lowest BCUT2D eigenvalue weighted by Gasteiger charge is -2.06. The zero-order chi connectivity index (χ0) is 14.7. The van der Waals surface area contributed by atoms with Crippen molar-refractivity contribution in [2.24, 2.45) is 5.10 Å². The summed E-state index contributed by atoms with van der Waals surface area (Å²) in [6.07, 6.45) is 3.00. The molecule has 0 aromatic carbocycles. The van der Waals surface area contributed by atoms with Crippen molar-refractivity contribution < 1.29 is 17.6 Å². The molecular weight excluding hydrogens is 276 g/mol. The maximum atomic E-state index is 13.3. The van der Waals surface area contributed by atoms with Gasteiger partial charge in [0.1, 0.15) is 5.69 Å². The number of hydrogen-bond donors (Lipinski definition) is 1. The molecule has 0 saturated heterocycles. The number of rotatable bonds is 3. The Bertz CT molecular complexity index is 632. The Morgan fingerprint density at radius 3 is 2.15 bits per heavy atom. The first-order valence-corrected chi connectivity index (χ1v) is 5.41. The highest BCUT2D eigenvalue weighted by Gasteiger charge is 2.20. The minimum Gasteiger partial charge on any atom is -0.272 e. The van der Waals surface area contributed by atoms with Gasteiger partial charge in [-0.1, -0.05) is 0 Å². The van der Waals surface area contributed by atoms with E-state index in [2.05, 4.69) is 15.1 Å². The fourth-order valence-electron chi connectivity index (χ4n) is 1.38. The number of halogens is 4. The summed E-state index contributed by atoms with van der Waals surface area (Å²) in [6.45, 7) is 1.55. The molecule has 4 nitrogen and oxygen atoms in total. The molecule has 0 atom stereocenters. The molecule has 0 amide bonds. The Kier molecular flexibility index (Phi) is 3.92. The predicted octanol–water partition coefficient (Wildman–Crippen LogP) is 2.87. The molecule has 0 radical (unpaired) electrons. The Morgan fingerprint density at radius 1 is 1.05 bits per heavy atom. The zero-order valence-electron chi connectivity index (χ0n) is 10.2. The van der Waals surface area contributed by atoms with Crippen LogP contribution in [0.15, 0.2) is 29.6 Å². The molecule has 1 N–H and O–H groups in total. The molecule has 0 fully saturated rings. The van der Waals surface area contributed by atoms with E-state index in [0.29, 0.717) is 11.3 Å². The molecule has 2 rings (SSSR count). The average Bonchev–Trinajstić information content (AvgIpc) is 2.46. The Morgan fingerprint density at radius 2 is 1.60 bits per heavy atom. The van der Waals surface area contributed by atoms with Gasteiger partial charge in [0, 0.05) is 18.0 Å². The molecule has 0 aliphatic heterocycles. The molecule has 8 heteroatoms. The van der Waals surface area contributed by atoms with Gasteiger partial charge >= 0.3 is 0 Å². The fraction of sp³-hybridized carbons (Fsp3) is 0.0833. The molecule has 2 heterocycles. The van der Waals surface area contributed by atoms with E-state index >= 15 is 0 Å². The van der Waals surface area contributed by atoms with E-state index in [-0.39, 0.29) is 0 Å². The molecule has 0 aliphatic carbocycles. The van der Waals surface area contributed by atoms with Gasteiger partial charge in [0.15, 0.2) is 0 Å². The highest BCUT2D eigenvalue weighted by atomic mass is 19.2. The second-order valence-electron chi connectivity index (χ2n) is 3.74. The predicted molar refractivity (Wildman–Crippen MR) is 64.1 cm³/mol. The largest absolute Gasteiger partial charge is 0.272 e. The smallest absolute Gasteiger partial charge is 0.254 e. The van der Waals surface area contributed by atoms with Crippen LogP contribution in [0.25, 0.3) is 0 Å². The van der Waals surface area contributed by atoms with Crippen LogP contribution in [0.4, 0.5) is 23.2 Å². The topological polar surface area (TPSA) is 50.2 Å². The van der Waals surface area contributed by atoms with Crippen LogP contribution in [0.2, 0.25) is 0 Å². The van der Waals surface area contributed by atoms with Crippen LogP contribution in [-0.4, -0.2) is 15.7 Å². The monoisotopic (exact) mass is 284 g/mol. The van der Waals surface area contributed by atoms with E-state index < -0.39 is 29.2 Å². The lowest BCUT2D eigenvalue weighted by Crippen LogP contribution is -2.07. The number of hydrogen-bond acceptors (Lipinski definition) is 4. The fourth-order valence-corrected chi connectivity index (χ4v) is 1.38. The second-order valence-corrected chi connectivity index (χ2v) is 3.74. The first-order valence-electron chi connectivity index (χ1n) is 5.41. The van der Waals surface area contributed by atoms with Crippen LogP contribution in [-0.2, 0) is 0 Å². The Labute approximate surface area is 111 Å². The van der Waals surface area contributed by atoms with Gasteiger partial charge in [0.05, 0.1) is 5.71 Å². The molecule has 0 bridgehead atoms. The normalized spacial score (nSPS) is 11.6. The maximum Gasteiger partial charge on any atom is 0.254 e. The lowest BCUT2D eigenvalue weighted by molar-refractivity contribution is 0.411. The van der Waals surface area contributed by atoms with Crippen molar-refractivity contribution in [3.05, 3.63) is 53.6 Å². The summed E-state index contributed by atoms with van der Waals surface area (Å²) in [5, 5.41) is 3.67. The zero-order valence-corrected chi connectivity index (χ0v) is 10.2. The van der Waals surface area contributed by atoms with Crippen LogP contribution < -0.4 is 5.43 Å². The number of nitrogens with zero attached hydrogens (tertiary/aromatic N) is 3. The first-order chi connectivity index (χ1) is 9.50. The Hall–Kier alpha value is -2.51. The van der Waals surface area contributed by atoms with Crippen LogP contribution in [0.3, 0.4) is 0 Å². The van der Waals surface area contributed by atoms with Gasteiger partial charge in [-0.05, 0) is 19.1 Å². The number of anilines is 1. The molecule has 0 saturated carbocycles. The molecular formula is C12H8F4N4. The number of aromatic nitrogens is 2. The summed E-state index contributed by atoms with van der Waals surface area (Å²) in [6, 6.07) is 3.22. The van der Waals surface area contributed by atoms with Gasteiger partial charge in [-0.25, -0.2) is 0 Å². The average molecular weight is 284 g/mol. The van der Waals surface area contributed by atoms with Crippen molar-refractivity contribution >= 4 is 11.4 Å². The summed E-state index contributed by atoms with van der Waals surface area (Å²) in [4.78, 5) is 6.23. The standard InChI is InChI=1S/C12H8F4N4/c1-6(7-2-4-17-5-3-7)19-20-10-8(13)11(15)18-12(16)9(10)14/h2-5H,1H3,(H,18,20). The van der Waals surface area contributed by atoms with Gasteiger partial charge in [-0.3, -0.25) is 10.4 Å². The summed E-state index contributed by atoms with van der Waals surface area (Å²) < 4.78 is 52.4. The van der Waals surface area contributed by atoms with Crippen molar-refractivity contribution in [2.45, 2.75) is 6.92 Å². The minimum absolute atomic E-state index is 0.351. The third-order valence-corrected chi connectivity index (χ3v) is 2.43. The molecule has 0 unspecified atom stereocenters. The van der Waals surface area contributed by atoms with E-state index in [9.17, 15) is 17.6 Å². The quantitative estimate of drug-likeness (QED) is 0.408. The van der Waals surface area contributed by atoms with Gasteiger partial charge < -0.3 is 0 Å². The SMILES string of the molecule is CC(=NNc1c(F)c(F)nc(F)c1F)c1ccncc1. The third-order valence-electron chi connectivity index (χ3n) is 2.43. The molecule has 2 aromatic heterocycles. The van der Waals surface area contributed by atoms with Crippen LogP contribution in [0.5, 0.6) is 0 Å². The molecule has 2 aromatic rings. The van der Waals surface area contributed by atoms with E-state index in [1.807, 2.05) is 5.43 Å². The summed E-state index contributed by atoms with van der Waals surface area (Å²) >= 11 is 0. The molecule has 0 spiro atoms. The summed E-state index contributed by atoms with van der Waals surface area (Å²) in [5.74, 6) is -6.78. The highest BCUT2D eigenvalue weighted by molar-refractivity contribution is 5.98. The van der Waals surface area contributed by atoms with Crippen molar-refractivity contribution in [1.82, 2.24) is 9.97 Å². The second kappa shape index (κ2) is 5.64. The van der Waals surface area contributed by atoms with Crippen LogP contribution in [0.1, 0.15) is 12.5 Å². The van der Waals surface area contributed by atoms with Crippen molar-refractivity contribution in [3.63, 3.8) is 0 Å². The van der Waals surface area contributed by atoms with Crippen LogP contribution in [0, 0.1) is 23.5 Å². The van der Waals surface area contributed by atoms with E-state index in [1.54, 1.807) is 19.1 Å². The van der Waals surface area contributed by atoms with E-state index in [0.717, 1.165) is 0 Å². The van der Waals surface area contributed by atoms with Gasteiger partial charge in [-0.15, -0.1) is 0 Å². The van der Waals surface area contributed by atoms with E-state index in [1.165, 1.54) is 12.4 Å². The Balaban J connectivity index is 2.32. The first kappa shape index (κ1) is 13.9. The van der Waals surface area contributed by atoms with Crippen LogP contribution >= 0.6 is 0 Å². The molecule has 20 heavy (non-hydrogen) atoms. The number of hydrazone groups is 1. The highest BCUT2D eigenvalue weighted by Crippen LogP contribution is 2.22. The number of nitrogens with one attached hydrogen (secondary N) is 1. The summed E-state index contributed by atoms with van der Waals surface area (Å²) in [7, 11) is 0. The molecule has 104 valence electrons. The number of pyridine rings is 2. The van der Waals surface area contributed by atoms with Crippen molar-refractivity contribution in [1.29, 1.82) is 0 Å².